The standard InChI is InChI=1S/C8H13NO3/c1-7(11)9(8(2)12)5-3-4-6-10/h6H,3-5H2,1-2H3. The number of imide groups is 1. The largest absolute Gasteiger partial charge is 0.303 e. The van der Waals surface area contributed by atoms with Crippen LogP contribution in [0.5, 0.6) is 0 Å². The van der Waals surface area contributed by atoms with Crippen LogP contribution in [-0.4, -0.2) is 29.5 Å². The van der Waals surface area contributed by atoms with Crippen molar-refractivity contribution in [1.29, 1.82) is 0 Å². The maximum absolute atomic E-state index is 10.8. The summed E-state index contributed by atoms with van der Waals surface area (Å²) in [5.41, 5.74) is 0. The van der Waals surface area contributed by atoms with E-state index in [-0.39, 0.29) is 11.8 Å². The highest BCUT2D eigenvalue weighted by Crippen LogP contribution is 1.95. The average molecular weight is 171 g/mol. The van der Waals surface area contributed by atoms with Crippen LogP contribution in [0.2, 0.25) is 0 Å². The molecule has 12 heavy (non-hydrogen) atoms. The van der Waals surface area contributed by atoms with Crippen LogP contribution < -0.4 is 0 Å². The van der Waals surface area contributed by atoms with E-state index in [1.807, 2.05) is 0 Å². The molecule has 0 unspecified atom stereocenters. The summed E-state index contributed by atoms with van der Waals surface area (Å²) in [5, 5.41) is 0. The van der Waals surface area contributed by atoms with Crippen molar-refractivity contribution < 1.29 is 14.4 Å². The molecular weight excluding hydrogens is 158 g/mol. The van der Waals surface area contributed by atoms with Crippen molar-refractivity contribution in [3.05, 3.63) is 0 Å². The summed E-state index contributed by atoms with van der Waals surface area (Å²) >= 11 is 0. The molecule has 4 heteroatoms. The molecule has 0 radical (unpaired) electrons. The van der Waals surface area contributed by atoms with Gasteiger partial charge in [0, 0.05) is 26.8 Å². The van der Waals surface area contributed by atoms with Crippen LogP contribution in [0.1, 0.15) is 26.7 Å². The second-order valence-electron chi connectivity index (χ2n) is 2.50. The van der Waals surface area contributed by atoms with Gasteiger partial charge in [-0.25, -0.2) is 0 Å². The quantitative estimate of drug-likeness (QED) is 0.453. The Labute approximate surface area is 71.5 Å². The minimum Gasteiger partial charge on any atom is -0.303 e. The van der Waals surface area contributed by atoms with E-state index in [9.17, 15) is 14.4 Å². The van der Waals surface area contributed by atoms with Crippen molar-refractivity contribution in [2.75, 3.05) is 6.54 Å². The van der Waals surface area contributed by atoms with Gasteiger partial charge < -0.3 is 4.79 Å². The van der Waals surface area contributed by atoms with E-state index in [0.717, 1.165) is 11.2 Å². The van der Waals surface area contributed by atoms with E-state index >= 15 is 0 Å². The summed E-state index contributed by atoms with van der Waals surface area (Å²) in [4.78, 5) is 32.7. The highest BCUT2D eigenvalue weighted by Gasteiger charge is 2.11. The molecule has 4 nitrogen and oxygen atoms in total. The molecule has 0 rings (SSSR count). The summed E-state index contributed by atoms with van der Waals surface area (Å²) < 4.78 is 0. The number of aldehydes is 1. The number of rotatable bonds is 4. The third kappa shape index (κ3) is 3.85. The first-order valence-corrected chi connectivity index (χ1v) is 3.82. The van der Waals surface area contributed by atoms with E-state index in [4.69, 9.17) is 0 Å². The average Bonchev–Trinajstić information content (AvgIpc) is 1.96. The smallest absolute Gasteiger partial charge is 0.226 e. The normalized spacial score (nSPS) is 9.17. The van der Waals surface area contributed by atoms with E-state index in [0.29, 0.717) is 19.4 Å². The molecule has 0 saturated carbocycles. The highest BCUT2D eigenvalue weighted by molar-refractivity contribution is 5.92. The zero-order valence-electron chi connectivity index (χ0n) is 7.37. The monoisotopic (exact) mass is 171 g/mol. The highest BCUT2D eigenvalue weighted by atomic mass is 16.2. The second-order valence-corrected chi connectivity index (χ2v) is 2.50. The molecule has 0 aliphatic rings. The first-order valence-electron chi connectivity index (χ1n) is 3.82. The van der Waals surface area contributed by atoms with Crippen molar-refractivity contribution in [3.63, 3.8) is 0 Å². The van der Waals surface area contributed by atoms with E-state index in [2.05, 4.69) is 0 Å². The van der Waals surface area contributed by atoms with Crippen molar-refractivity contribution in [2.45, 2.75) is 26.7 Å². The Bertz CT molecular complexity index is 175. The van der Waals surface area contributed by atoms with Crippen LogP contribution in [-0.2, 0) is 14.4 Å². The predicted molar refractivity (Wildman–Crippen MR) is 43.4 cm³/mol. The number of unbranched alkanes of at least 4 members (excludes halogenated alkanes) is 1. The zero-order valence-corrected chi connectivity index (χ0v) is 7.37. The van der Waals surface area contributed by atoms with Gasteiger partial charge in [0.25, 0.3) is 0 Å². The van der Waals surface area contributed by atoms with Crippen molar-refractivity contribution in [2.24, 2.45) is 0 Å². The zero-order chi connectivity index (χ0) is 9.56. The van der Waals surface area contributed by atoms with Crippen LogP contribution in [0.15, 0.2) is 0 Å². The van der Waals surface area contributed by atoms with Crippen LogP contribution in [0, 0.1) is 0 Å². The molecule has 0 aromatic carbocycles. The summed E-state index contributed by atoms with van der Waals surface area (Å²) in [7, 11) is 0. The molecule has 2 amide bonds. The van der Waals surface area contributed by atoms with E-state index in [1.54, 1.807) is 0 Å². The molecule has 0 spiro atoms. The topological polar surface area (TPSA) is 54.5 Å². The maximum Gasteiger partial charge on any atom is 0.226 e. The van der Waals surface area contributed by atoms with Gasteiger partial charge in [0.05, 0.1) is 0 Å². The molecule has 0 aliphatic heterocycles. The lowest BCUT2D eigenvalue weighted by molar-refractivity contribution is -0.142. The Balaban J connectivity index is 3.88. The van der Waals surface area contributed by atoms with Crippen molar-refractivity contribution >= 4 is 18.1 Å². The molecule has 0 aromatic heterocycles. The molecule has 0 heterocycles. The first-order chi connectivity index (χ1) is 5.59. The van der Waals surface area contributed by atoms with E-state index in [1.165, 1.54) is 13.8 Å². The minimum atomic E-state index is -0.270. The molecule has 0 saturated heterocycles. The number of hydrogen-bond acceptors (Lipinski definition) is 3. The van der Waals surface area contributed by atoms with Gasteiger partial charge in [-0.1, -0.05) is 0 Å². The Morgan fingerprint density at radius 2 is 1.75 bits per heavy atom. The molecule has 0 bridgehead atoms. The van der Waals surface area contributed by atoms with Gasteiger partial charge >= 0.3 is 0 Å². The summed E-state index contributed by atoms with van der Waals surface area (Å²) in [6.45, 7) is 3.01. The van der Waals surface area contributed by atoms with Crippen molar-refractivity contribution in [1.82, 2.24) is 4.90 Å². The second kappa shape index (κ2) is 5.46. The fraction of sp³-hybridized carbons (Fsp3) is 0.625. The summed E-state index contributed by atoms with van der Waals surface area (Å²) in [5.74, 6) is -0.540. The third-order valence-corrected chi connectivity index (χ3v) is 1.46. The Kier molecular flexibility index (Phi) is 4.92. The Hall–Kier alpha value is -1.19. The summed E-state index contributed by atoms with van der Waals surface area (Å²) in [6.07, 6.45) is 1.71. The lowest BCUT2D eigenvalue weighted by Gasteiger charge is -2.15. The predicted octanol–water partition coefficient (Wildman–Crippen LogP) is 0.360. The number of carbonyl (C=O) groups is 3. The van der Waals surface area contributed by atoms with Crippen molar-refractivity contribution in [3.8, 4) is 0 Å². The lowest BCUT2D eigenvalue weighted by Crippen LogP contribution is -2.34. The van der Waals surface area contributed by atoms with E-state index < -0.39 is 0 Å². The Morgan fingerprint density at radius 1 is 1.25 bits per heavy atom. The van der Waals surface area contributed by atoms with Gasteiger partial charge in [0.2, 0.25) is 11.8 Å². The van der Waals surface area contributed by atoms with Gasteiger partial charge in [-0.3, -0.25) is 14.5 Å². The minimum absolute atomic E-state index is 0.270. The van der Waals surface area contributed by atoms with Gasteiger partial charge in [0.1, 0.15) is 6.29 Å². The van der Waals surface area contributed by atoms with Gasteiger partial charge in [-0.15, -0.1) is 0 Å². The van der Waals surface area contributed by atoms with Crippen LogP contribution in [0.3, 0.4) is 0 Å². The molecule has 0 fully saturated rings. The lowest BCUT2D eigenvalue weighted by atomic mass is 10.3. The molecular formula is C8H13NO3. The number of hydrogen-bond donors (Lipinski definition) is 0. The number of nitrogens with zero attached hydrogens (tertiary/aromatic N) is 1. The van der Waals surface area contributed by atoms with Gasteiger partial charge in [-0.05, 0) is 6.42 Å². The van der Waals surface area contributed by atoms with Gasteiger partial charge in [-0.2, -0.15) is 0 Å². The fourth-order valence-corrected chi connectivity index (χ4v) is 0.869. The van der Waals surface area contributed by atoms with Gasteiger partial charge in [0.15, 0.2) is 0 Å². The third-order valence-electron chi connectivity index (χ3n) is 1.46. The fourth-order valence-electron chi connectivity index (χ4n) is 0.869. The number of amides is 2. The molecule has 0 aromatic rings. The van der Waals surface area contributed by atoms with Crippen LogP contribution in [0.4, 0.5) is 0 Å². The van der Waals surface area contributed by atoms with Crippen LogP contribution in [0.25, 0.3) is 0 Å². The summed E-state index contributed by atoms with van der Waals surface area (Å²) in [6, 6.07) is 0. The molecule has 0 N–H and O–H groups in total. The number of carbonyl (C=O) groups excluding carboxylic acids is 3. The molecule has 0 atom stereocenters. The molecule has 68 valence electrons. The Morgan fingerprint density at radius 3 is 2.08 bits per heavy atom. The first kappa shape index (κ1) is 10.8. The maximum atomic E-state index is 10.8. The molecule has 0 aliphatic carbocycles. The SMILES string of the molecule is CC(=O)N(CCCC=O)C(C)=O. The van der Waals surface area contributed by atoms with Crippen LogP contribution >= 0.6 is 0 Å².